The lowest BCUT2D eigenvalue weighted by Crippen LogP contribution is -2.48. The van der Waals surface area contributed by atoms with E-state index in [1.165, 1.54) is 37.2 Å². The van der Waals surface area contributed by atoms with Crippen LogP contribution in [0.3, 0.4) is 0 Å². The smallest absolute Gasteiger partial charge is 0.267 e. The highest BCUT2D eigenvalue weighted by atomic mass is 16.2. The molecule has 4 heteroatoms. The van der Waals surface area contributed by atoms with Crippen LogP contribution in [0.2, 0.25) is 0 Å². The van der Waals surface area contributed by atoms with E-state index in [0.29, 0.717) is 5.92 Å². The molecule has 0 aliphatic heterocycles. The van der Waals surface area contributed by atoms with Crippen molar-refractivity contribution in [3.8, 4) is 0 Å². The highest BCUT2D eigenvalue weighted by molar-refractivity contribution is 5.92. The molecule has 0 bridgehead atoms. The average Bonchev–Trinajstić information content (AvgIpc) is 2.31. The van der Waals surface area contributed by atoms with Crippen LogP contribution in [0, 0.1) is 5.92 Å². The van der Waals surface area contributed by atoms with Crippen LogP contribution in [0.15, 0.2) is 11.6 Å². The van der Waals surface area contributed by atoms with Crippen LogP contribution >= 0.6 is 0 Å². The number of allylic oxidation sites excluding steroid dienone is 1. The van der Waals surface area contributed by atoms with Gasteiger partial charge in [-0.3, -0.25) is 4.79 Å². The van der Waals surface area contributed by atoms with Crippen LogP contribution in [0.4, 0.5) is 0 Å². The van der Waals surface area contributed by atoms with Gasteiger partial charge in [-0.1, -0.05) is 25.3 Å². The van der Waals surface area contributed by atoms with Gasteiger partial charge in [0.1, 0.15) is 0 Å². The van der Waals surface area contributed by atoms with Gasteiger partial charge in [-0.15, -0.1) is 0 Å². The molecule has 1 rings (SSSR count). The number of rotatable bonds is 4. The first-order valence-electron chi connectivity index (χ1n) is 6.06. The Hall–Kier alpha value is -0.870. The predicted molar refractivity (Wildman–Crippen MR) is 65.3 cm³/mol. The van der Waals surface area contributed by atoms with Gasteiger partial charge in [0, 0.05) is 19.7 Å². The lowest BCUT2D eigenvalue weighted by atomic mass is 9.88. The number of carbonyl (C=O) groups is 1. The highest BCUT2D eigenvalue weighted by Crippen LogP contribution is 2.25. The molecule has 0 spiro atoms. The number of carbonyl (C=O) groups excluding carboxylic acids is 1. The summed E-state index contributed by atoms with van der Waals surface area (Å²) in [5.41, 5.74) is 6.42. The van der Waals surface area contributed by atoms with E-state index < -0.39 is 0 Å². The summed E-state index contributed by atoms with van der Waals surface area (Å²) in [6.45, 7) is 1.89. The molecule has 0 aromatic heterocycles. The molecule has 0 saturated heterocycles. The first kappa shape index (κ1) is 13.2. The molecule has 1 saturated carbocycles. The fourth-order valence-electron chi connectivity index (χ4n) is 2.22. The molecule has 1 aliphatic rings. The zero-order valence-electron chi connectivity index (χ0n) is 10.5. The molecule has 0 heterocycles. The Morgan fingerprint density at radius 2 is 1.75 bits per heavy atom. The van der Waals surface area contributed by atoms with Gasteiger partial charge in [-0.25, -0.2) is 16.0 Å². The van der Waals surface area contributed by atoms with Crippen molar-refractivity contribution >= 4 is 5.91 Å². The molecule has 1 aliphatic carbocycles. The van der Waals surface area contributed by atoms with E-state index in [2.05, 4.69) is 16.9 Å². The summed E-state index contributed by atoms with van der Waals surface area (Å²) in [6.07, 6.45) is 8.52. The molecule has 16 heavy (non-hydrogen) atoms. The fourth-order valence-corrected chi connectivity index (χ4v) is 2.22. The molecule has 0 unspecified atom stereocenters. The molecular formula is C12H23N3O. The van der Waals surface area contributed by atoms with Gasteiger partial charge in [0.25, 0.3) is 5.91 Å². The van der Waals surface area contributed by atoms with Crippen LogP contribution in [0.1, 0.15) is 39.0 Å². The summed E-state index contributed by atoms with van der Waals surface area (Å²) in [4.78, 5) is 11.9. The molecule has 0 aromatic carbocycles. The summed E-state index contributed by atoms with van der Waals surface area (Å²) in [5.74, 6) is 0.587. The summed E-state index contributed by atoms with van der Waals surface area (Å²) < 4.78 is 0. The minimum Gasteiger partial charge on any atom is -0.267 e. The average molecular weight is 225 g/mol. The number of amides is 1. The van der Waals surface area contributed by atoms with Crippen molar-refractivity contribution in [2.45, 2.75) is 39.0 Å². The molecule has 4 nitrogen and oxygen atoms in total. The summed E-state index contributed by atoms with van der Waals surface area (Å²) >= 11 is 0. The van der Waals surface area contributed by atoms with E-state index in [1.807, 2.05) is 6.92 Å². The number of hydrogen-bond acceptors (Lipinski definition) is 3. The fraction of sp³-hybridized carbons (Fsp3) is 0.750. The maximum absolute atomic E-state index is 11.9. The van der Waals surface area contributed by atoms with Crippen LogP contribution in [-0.4, -0.2) is 25.1 Å². The second kappa shape index (κ2) is 6.66. The zero-order valence-corrected chi connectivity index (χ0v) is 10.5. The van der Waals surface area contributed by atoms with Crippen molar-refractivity contribution < 1.29 is 4.79 Å². The first-order chi connectivity index (χ1) is 7.69. The van der Waals surface area contributed by atoms with E-state index in [1.54, 1.807) is 14.1 Å². The summed E-state index contributed by atoms with van der Waals surface area (Å²) in [6, 6.07) is 0. The normalized spacial score (nSPS) is 18.6. The van der Waals surface area contributed by atoms with Gasteiger partial charge in [0.2, 0.25) is 0 Å². The number of nitrogens with one attached hydrogen (secondary N) is 2. The molecule has 0 atom stereocenters. The Balaban J connectivity index is 2.56. The van der Waals surface area contributed by atoms with Crippen LogP contribution < -0.4 is 10.9 Å². The van der Waals surface area contributed by atoms with Crippen molar-refractivity contribution in [2.75, 3.05) is 14.1 Å². The Bertz CT molecular complexity index is 253. The van der Waals surface area contributed by atoms with E-state index in [0.717, 1.165) is 5.57 Å². The van der Waals surface area contributed by atoms with Crippen molar-refractivity contribution in [3.05, 3.63) is 11.6 Å². The van der Waals surface area contributed by atoms with Gasteiger partial charge in [-0.05, 0) is 25.7 Å². The van der Waals surface area contributed by atoms with Crippen LogP contribution in [0.5, 0.6) is 0 Å². The van der Waals surface area contributed by atoms with Crippen LogP contribution in [-0.2, 0) is 4.79 Å². The van der Waals surface area contributed by atoms with Gasteiger partial charge in [0.15, 0.2) is 0 Å². The van der Waals surface area contributed by atoms with E-state index in [-0.39, 0.29) is 5.91 Å². The molecule has 1 fully saturated rings. The molecular weight excluding hydrogens is 202 g/mol. The predicted octanol–water partition coefficient (Wildman–Crippen LogP) is 1.61. The number of hydrogen-bond donors (Lipinski definition) is 2. The number of nitrogens with zero attached hydrogens (tertiary/aromatic N) is 1. The topological polar surface area (TPSA) is 44.4 Å². The minimum absolute atomic E-state index is 0.00410. The minimum atomic E-state index is -0.00410. The molecule has 0 aromatic rings. The van der Waals surface area contributed by atoms with Gasteiger partial charge < -0.3 is 0 Å². The Kier molecular flexibility index (Phi) is 5.49. The Labute approximate surface area is 98.0 Å². The lowest BCUT2D eigenvalue weighted by Gasteiger charge is -2.22. The van der Waals surface area contributed by atoms with Crippen molar-refractivity contribution in [1.82, 2.24) is 16.0 Å². The molecule has 0 radical (unpaired) electrons. The van der Waals surface area contributed by atoms with Crippen LogP contribution in [0.25, 0.3) is 0 Å². The van der Waals surface area contributed by atoms with Gasteiger partial charge >= 0.3 is 0 Å². The Morgan fingerprint density at radius 1 is 1.19 bits per heavy atom. The van der Waals surface area contributed by atoms with Crippen molar-refractivity contribution in [1.29, 1.82) is 0 Å². The maximum Gasteiger partial charge on any atom is 0.278 e. The van der Waals surface area contributed by atoms with E-state index in [9.17, 15) is 4.79 Å². The summed E-state index contributed by atoms with van der Waals surface area (Å²) in [7, 11) is 3.45. The van der Waals surface area contributed by atoms with Gasteiger partial charge in [0.05, 0.1) is 0 Å². The standard InChI is InChI=1S/C12H23N3O/c1-10(12(16)15(13-2)14-3)9-11-7-5-4-6-8-11/h9,11,13-14H,4-8H2,1-3H3. The third-order valence-electron chi connectivity index (χ3n) is 3.12. The first-order valence-corrected chi connectivity index (χ1v) is 6.06. The van der Waals surface area contributed by atoms with E-state index >= 15 is 0 Å². The quantitative estimate of drug-likeness (QED) is 0.564. The third kappa shape index (κ3) is 3.61. The summed E-state index contributed by atoms with van der Waals surface area (Å²) in [5, 5.41) is 1.40. The monoisotopic (exact) mass is 225 g/mol. The maximum atomic E-state index is 11.9. The molecule has 1 amide bonds. The van der Waals surface area contributed by atoms with Crippen molar-refractivity contribution in [3.63, 3.8) is 0 Å². The second-order valence-electron chi connectivity index (χ2n) is 4.34. The van der Waals surface area contributed by atoms with Crippen molar-refractivity contribution in [2.24, 2.45) is 5.92 Å². The highest BCUT2D eigenvalue weighted by Gasteiger charge is 2.16. The lowest BCUT2D eigenvalue weighted by molar-refractivity contribution is -0.133. The van der Waals surface area contributed by atoms with E-state index in [4.69, 9.17) is 0 Å². The zero-order chi connectivity index (χ0) is 12.0. The van der Waals surface area contributed by atoms with Gasteiger partial charge in [-0.2, -0.15) is 0 Å². The number of hydrazine groups is 2. The molecule has 92 valence electrons. The molecule has 2 N–H and O–H groups in total. The largest absolute Gasteiger partial charge is 0.278 e. The second-order valence-corrected chi connectivity index (χ2v) is 4.34. The Morgan fingerprint density at radius 3 is 2.25 bits per heavy atom. The third-order valence-corrected chi connectivity index (χ3v) is 3.12. The SMILES string of the molecule is CNN(NC)C(=O)C(C)=CC1CCCCC1.